The lowest BCUT2D eigenvalue weighted by Crippen LogP contribution is -2.45. The number of carbonyl (C=O) groups excluding carboxylic acids is 2. The van der Waals surface area contributed by atoms with Gasteiger partial charge in [0.25, 0.3) is 5.91 Å². The minimum Gasteiger partial charge on any atom is -0.436 e. The maximum absolute atomic E-state index is 12.1. The van der Waals surface area contributed by atoms with E-state index < -0.39 is 18.1 Å². The molecule has 0 aromatic heterocycles. The molecule has 0 radical (unpaired) electrons. The fourth-order valence-electron chi connectivity index (χ4n) is 3.01. The Labute approximate surface area is 130 Å². The number of nitrogens with one attached hydrogen (secondary N) is 1. The Morgan fingerprint density at radius 2 is 1.95 bits per heavy atom. The SMILES string of the molecule is N#CNC(=O)[C@@H](CC1CCCCC1)OC(=O)N1CCOCC1. The summed E-state index contributed by atoms with van der Waals surface area (Å²) in [5, 5.41) is 10.7. The Morgan fingerprint density at radius 3 is 2.59 bits per heavy atom. The van der Waals surface area contributed by atoms with E-state index in [2.05, 4.69) is 5.32 Å². The van der Waals surface area contributed by atoms with Crippen molar-refractivity contribution in [1.82, 2.24) is 10.2 Å². The van der Waals surface area contributed by atoms with Crippen molar-refractivity contribution in [3.05, 3.63) is 0 Å². The minimum absolute atomic E-state index is 0.376. The fourth-order valence-corrected chi connectivity index (χ4v) is 3.01. The lowest BCUT2D eigenvalue weighted by atomic mass is 9.85. The van der Waals surface area contributed by atoms with Crippen molar-refractivity contribution in [1.29, 1.82) is 5.26 Å². The smallest absolute Gasteiger partial charge is 0.410 e. The van der Waals surface area contributed by atoms with Crippen LogP contribution in [0, 0.1) is 17.4 Å². The zero-order valence-electron chi connectivity index (χ0n) is 12.8. The minimum atomic E-state index is -0.891. The molecule has 1 saturated heterocycles. The highest BCUT2D eigenvalue weighted by atomic mass is 16.6. The first-order chi connectivity index (χ1) is 10.7. The quantitative estimate of drug-likeness (QED) is 0.626. The molecular weight excluding hydrogens is 286 g/mol. The Bertz CT molecular complexity index is 423. The lowest BCUT2D eigenvalue weighted by molar-refractivity contribution is -0.130. The van der Waals surface area contributed by atoms with Gasteiger partial charge in [-0.1, -0.05) is 32.1 Å². The molecule has 1 aliphatic carbocycles. The molecule has 1 saturated carbocycles. The Kier molecular flexibility index (Phi) is 6.46. The second kappa shape index (κ2) is 8.59. The third-order valence-electron chi connectivity index (χ3n) is 4.26. The largest absolute Gasteiger partial charge is 0.436 e. The number of hydrogen-bond donors (Lipinski definition) is 1. The number of carbonyl (C=O) groups is 2. The lowest BCUT2D eigenvalue weighted by Gasteiger charge is -2.29. The van der Waals surface area contributed by atoms with E-state index in [1.54, 1.807) is 6.19 Å². The fraction of sp³-hybridized carbons (Fsp3) is 0.800. The summed E-state index contributed by atoms with van der Waals surface area (Å²) in [6, 6.07) is 0. The molecule has 7 nitrogen and oxygen atoms in total. The predicted octanol–water partition coefficient (Wildman–Crippen LogP) is 1.39. The maximum Gasteiger partial charge on any atom is 0.410 e. The molecule has 0 unspecified atom stereocenters. The van der Waals surface area contributed by atoms with Crippen LogP contribution in [-0.2, 0) is 14.3 Å². The van der Waals surface area contributed by atoms with Gasteiger partial charge in [0.05, 0.1) is 13.2 Å². The van der Waals surface area contributed by atoms with Crippen molar-refractivity contribution in [2.45, 2.75) is 44.6 Å². The molecule has 7 heteroatoms. The van der Waals surface area contributed by atoms with Crippen LogP contribution in [0.2, 0.25) is 0 Å². The van der Waals surface area contributed by atoms with Crippen LogP contribution in [0.15, 0.2) is 0 Å². The third-order valence-corrected chi connectivity index (χ3v) is 4.26. The van der Waals surface area contributed by atoms with Crippen LogP contribution in [-0.4, -0.2) is 49.3 Å². The average molecular weight is 309 g/mol. The van der Waals surface area contributed by atoms with Gasteiger partial charge in [-0.25, -0.2) is 4.79 Å². The summed E-state index contributed by atoms with van der Waals surface area (Å²) in [6.45, 7) is 1.89. The molecular formula is C15H23N3O4. The molecule has 2 rings (SSSR count). The van der Waals surface area contributed by atoms with Crippen LogP contribution < -0.4 is 5.32 Å². The predicted molar refractivity (Wildman–Crippen MR) is 77.6 cm³/mol. The van der Waals surface area contributed by atoms with E-state index in [-0.39, 0.29) is 0 Å². The average Bonchev–Trinajstić information content (AvgIpc) is 2.56. The topological polar surface area (TPSA) is 91.7 Å². The van der Waals surface area contributed by atoms with Gasteiger partial charge in [0.2, 0.25) is 0 Å². The molecule has 0 aromatic carbocycles. The third kappa shape index (κ3) is 4.88. The van der Waals surface area contributed by atoms with E-state index in [9.17, 15) is 9.59 Å². The molecule has 122 valence electrons. The molecule has 2 amide bonds. The number of morpholine rings is 1. The molecule has 1 aliphatic heterocycles. The molecule has 1 atom stereocenters. The number of amides is 2. The summed E-state index contributed by atoms with van der Waals surface area (Å²) >= 11 is 0. The number of nitriles is 1. The molecule has 2 aliphatic rings. The maximum atomic E-state index is 12.1. The van der Waals surface area contributed by atoms with Gasteiger partial charge in [0.1, 0.15) is 0 Å². The zero-order valence-corrected chi connectivity index (χ0v) is 12.8. The van der Waals surface area contributed by atoms with Gasteiger partial charge in [0.15, 0.2) is 12.3 Å². The van der Waals surface area contributed by atoms with E-state index in [0.717, 1.165) is 25.7 Å². The molecule has 2 fully saturated rings. The summed E-state index contributed by atoms with van der Waals surface area (Å²) in [5.41, 5.74) is 0. The second-order valence-corrected chi connectivity index (χ2v) is 5.81. The van der Waals surface area contributed by atoms with Crippen molar-refractivity contribution >= 4 is 12.0 Å². The first-order valence-electron chi connectivity index (χ1n) is 7.93. The van der Waals surface area contributed by atoms with Crippen molar-refractivity contribution in [2.75, 3.05) is 26.3 Å². The molecule has 22 heavy (non-hydrogen) atoms. The van der Waals surface area contributed by atoms with E-state index in [1.165, 1.54) is 11.3 Å². The Morgan fingerprint density at radius 1 is 1.27 bits per heavy atom. The Hall–Kier alpha value is -1.81. The summed E-state index contributed by atoms with van der Waals surface area (Å²) in [6.07, 6.45) is 6.32. The number of rotatable bonds is 4. The normalized spacial score (nSPS) is 20.8. The van der Waals surface area contributed by atoms with Gasteiger partial charge in [-0.05, 0) is 12.3 Å². The molecule has 1 heterocycles. The standard InChI is InChI=1S/C15H23N3O4/c16-11-17-14(19)13(10-12-4-2-1-3-5-12)22-15(20)18-6-8-21-9-7-18/h12-13H,1-10H2,(H,17,19)/t13-/m1/s1. The molecule has 0 spiro atoms. The number of nitrogens with zero attached hydrogens (tertiary/aromatic N) is 2. The second-order valence-electron chi connectivity index (χ2n) is 5.81. The van der Waals surface area contributed by atoms with Gasteiger partial charge in [-0.3, -0.25) is 10.1 Å². The summed E-state index contributed by atoms with van der Waals surface area (Å²) in [4.78, 5) is 25.7. The highest BCUT2D eigenvalue weighted by Crippen LogP contribution is 2.28. The van der Waals surface area contributed by atoms with Gasteiger partial charge < -0.3 is 14.4 Å². The number of hydrogen-bond acceptors (Lipinski definition) is 5. The van der Waals surface area contributed by atoms with Crippen LogP contribution in [0.3, 0.4) is 0 Å². The molecule has 1 N–H and O–H groups in total. The van der Waals surface area contributed by atoms with Gasteiger partial charge in [-0.2, -0.15) is 5.26 Å². The van der Waals surface area contributed by atoms with E-state index in [1.807, 2.05) is 0 Å². The van der Waals surface area contributed by atoms with E-state index >= 15 is 0 Å². The van der Waals surface area contributed by atoms with Crippen LogP contribution in [0.25, 0.3) is 0 Å². The van der Waals surface area contributed by atoms with Crippen LogP contribution in [0.5, 0.6) is 0 Å². The first kappa shape index (κ1) is 16.6. The van der Waals surface area contributed by atoms with E-state index in [4.69, 9.17) is 14.7 Å². The Balaban J connectivity index is 1.92. The van der Waals surface area contributed by atoms with Crippen LogP contribution in [0.1, 0.15) is 38.5 Å². The van der Waals surface area contributed by atoms with Gasteiger partial charge in [0, 0.05) is 13.1 Å². The summed E-state index contributed by atoms with van der Waals surface area (Å²) in [5.74, 6) is -0.157. The van der Waals surface area contributed by atoms with Crippen molar-refractivity contribution in [2.24, 2.45) is 5.92 Å². The van der Waals surface area contributed by atoms with Crippen molar-refractivity contribution < 1.29 is 19.1 Å². The highest BCUT2D eigenvalue weighted by Gasteiger charge is 2.30. The van der Waals surface area contributed by atoms with Crippen LogP contribution in [0.4, 0.5) is 4.79 Å². The monoisotopic (exact) mass is 309 g/mol. The molecule has 0 aromatic rings. The van der Waals surface area contributed by atoms with Gasteiger partial charge >= 0.3 is 6.09 Å². The van der Waals surface area contributed by atoms with Crippen LogP contribution >= 0.6 is 0 Å². The number of ether oxygens (including phenoxy) is 2. The zero-order chi connectivity index (χ0) is 15.8. The highest BCUT2D eigenvalue weighted by molar-refractivity contribution is 5.84. The first-order valence-corrected chi connectivity index (χ1v) is 7.93. The summed E-state index contributed by atoms with van der Waals surface area (Å²) < 4.78 is 10.6. The summed E-state index contributed by atoms with van der Waals surface area (Å²) in [7, 11) is 0. The van der Waals surface area contributed by atoms with E-state index in [0.29, 0.717) is 38.6 Å². The van der Waals surface area contributed by atoms with Gasteiger partial charge in [-0.15, -0.1) is 0 Å². The van der Waals surface area contributed by atoms with Crippen molar-refractivity contribution in [3.8, 4) is 6.19 Å². The molecule has 0 bridgehead atoms. The van der Waals surface area contributed by atoms with Crippen molar-refractivity contribution in [3.63, 3.8) is 0 Å².